The number of carbonyl (C=O) groups excluding carboxylic acids is 2. The number of ether oxygens (including phenoxy) is 1. The lowest BCUT2D eigenvalue weighted by atomic mass is 10.1. The molecule has 9 heteroatoms. The normalized spacial score (nSPS) is 17.0. The van der Waals surface area contributed by atoms with Crippen LogP contribution in [0.1, 0.15) is 39.4 Å². The highest BCUT2D eigenvalue weighted by atomic mass is 16.5. The maximum atomic E-state index is 12.8. The molecular formula is C18H24N6O3. The molecule has 1 fully saturated rings. The van der Waals surface area contributed by atoms with Crippen LogP contribution >= 0.6 is 0 Å². The summed E-state index contributed by atoms with van der Waals surface area (Å²) in [4.78, 5) is 29.0. The van der Waals surface area contributed by atoms with Crippen molar-refractivity contribution in [3.05, 3.63) is 29.2 Å². The van der Waals surface area contributed by atoms with Gasteiger partial charge in [0.25, 0.3) is 11.8 Å². The molecule has 0 saturated carbocycles. The van der Waals surface area contributed by atoms with Crippen LogP contribution in [0.25, 0.3) is 0 Å². The van der Waals surface area contributed by atoms with E-state index < -0.39 is 0 Å². The summed E-state index contributed by atoms with van der Waals surface area (Å²) >= 11 is 0. The van der Waals surface area contributed by atoms with Crippen LogP contribution in [-0.2, 0) is 20.0 Å². The molecule has 0 unspecified atom stereocenters. The molecule has 4 rings (SSSR count). The SMILES string of the molecule is COc1nn(C)cc1C(=O)N1CCN(C(=O)c2cc3n(n2)CCCC3)CC1. The highest BCUT2D eigenvalue weighted by molar-refractivity contribution is 5.97. The van der Waals surface area contributed by atoms with E-state index in [1.165, 1.54) is 7.11 Å². The van der Waals surface area contributed by atoms with Crippen LogP contribution in [0, 0.1) is 0 Å². The van der Waals surface area contributed by atoms with E-state index in [9.17, 15) is 9.59 Å². The van der Waals surface area contributed by atoms with Gasteiger partial charge in [-0.05, 0) is 25.3 Å². The Morgan fingerprint density at radius 1 is 1.00 bits per heavy atom. The van der Waals surface area contributed by atoms with Crippen molar-refractivity contribution < 1.29 is 14.3 Å². The van der Waals surface area contributed by atoms with Gasteiger partial charge in [-0.2, -0.15) is 5.10 Å². The average molecular weight is 372 g/mol. The smallest absolute Gasteiger partial charge is 0.274 e. The molecule has 2 amide bonds. The molecule has 0 bridgehead atoms. The van der Waals surface area contributed by atoms with Gasteiger partial charge in [-0.25, -0.2) is 0 Å². The number of methoxy groups -OCH3 is 1. The summed E-state index contributed by atoms with van der Waals surface area (Å²) in [5.41, 5.74) is 2.10. The Labute approximate surface area is 157 Å². The second-order valence-electron chi connectivity index (χ2n) is 7.01. The summed E-state index contributed by atoms with van der Waals surface area (Å²) in [5.74, 6) is 0.150. The fourth-order valence-electron chi connectivity index (χ4n) is 3.73. The second-order valence-corrected chi connectivity index (χ2v) is 7.01. The zero-order valence-corrected chi connectivity index (χ0v) is 15.7. The summed E-state index contributed by atoms with van der Waals surface area (Å²) in [6.45, 7) is 2.84. The van der Waals surface area contributed by atoms with E-state index >= 15 is 0 Å². The number of rotatable bonds is 3. The average Bonchev–Trinajstić information content (AvgIpc) is 3.30. The maximum absolute atomic E-state index is 12.8. The highest BCUT2D eigenvalue weighted by Gasteiger charge is 2.29. The number of nitrogens with zero attached hydrogens (tertiary/aromatic N) is 6. The number of aryl methyl sites for hydroxylation is 3. The monoisotopic (exact) mass is 372 g/mol. The predicted octanol–water partition coefficient (Wildman–Crippen LogP) is 0.560. The predicted molar refractivity (Wildman–Crippen MR) is 96.7 cm³/mol. The van der Waals surface area contributed by atoms with E-state index in [0.717, 1.165) is 31.5 Å². The van der Waals surface area contributed by atoms with Gasteiger partial charge in [-0.1, -0.05) is 0 Å². The van der Waals surface area contributed by atoms with Crippen LogP contribution in [0.3, 0.4) is 0 Å². The fraction of sp³-hybridized carbons (Fsp3) is 0.556. The molecule has 2 aliphatic heterocycles. The third-order valence-corrected chi connectivity index (χ3v) is 5.21. The van der Waals surface area contributed by atoms with E-state index in [4.69, 9.17) is 4.74 Å². The van der Waals surface area contributed by atoms with Crippen molar-refractivity contribution in [1.82, 2.24) is 29.4 Å². The largest absolute Gasteiger partial charge is 0.479 e. The van der Waals surface area contributed by atoms with Crippen LogP contribution in [0.5, 0.6) is 5.88 Å². The number of hydrogen-bond acceptors (Lipinski definition) is 5. The lowest BCUT2D eigenvalue weighted by Gasteiger charge is -2.34. The number of aromatic nitrogens is 4. The second kappa shape index (κ2) is 7.05. The molecule has 2 aromatic heterocycles. The minimum absolute atomic E-state index is 0.0528. The molecule has 2 aliphatic rings. The lowest BCUT2D eigenvalue weighted by molar-refractivity contribution is 0.0530. The molecule has 0 atom stereocenters. The number of piperazine rings is 1. The van der Waals surface area contributed by atoms with Crippen LogP contribution in [0.2, 0.25) is 0 Å². The third-order valence-electron chi connectivity index (χ3n) is 5.21. The zero-order valence-electron chi connectivity index (χ0n) is 15.7. The molecule has 9 nitrogen and oxygen atoms in total. The molecule has 4 heterocycles. The number of hydrogen-bond donors (Lipinski definition) is 0. The van der Waals surface area contributed by atoms with Crippen molar-refractivity contribution in [2.45, 2.75) is 25.8 Å². The van der Waals surface area contributed by atoms with Crippen molar-refractivity contribution in [3.63, 3.8) is 0 Å². The Hall–Kier alpha value is -2.84. The first-order valence-corrected chi connectivity index (χ1v) is 9.29. The Balaban J connectivity index is 1.40. The van der Waals surface area contributed by atoms with Gasteiger partial charge in [0, 0.05) is 51.7 Å². The van der Waals surface area contributed by atoms with E-state index in [-0.39, 0.29) is 11.8 Å². The Morgan fingerprint density at radius 2 is 1.70 bits per heavy atom. The Morgan fingerprint density at radius 3 is 2.37 bits per heavy atom. The van der Waals surface area contributed by atoms with Gasteiger partial charge in [0.05, 0.1) is 7.11 Å². The van der Waals surface area contributed by atoms with Gasteiger partial charge in [-0.3, -0.25) is 19.0 Å². The molecular weight excluding hydrogens is 348 g/mol. The number of amides is 2. The quantitative estimate of drug-likeness (QED) is 0.786. The van der Waals surface area contributed by atoms with Crippen LogP contribution < -0.4 is 4.74 Å². The van der Waals surface area contributed by atoms with Crippen LogP contribution in [0.15, 0.2) is 12.3 Å². The first-order chi connectivity index (χ1) is 13.1. The number of fused-ring (bicyclic) bond motifs is 1. The summed E-state index contributed by atoms with van der Waals surface area (Å²) in [6.07, 6.45) is 4.91. The topological polar surface area (TPSA) is 85.5 Å². The van der Waals surface area contributed by atoms with Crippen molar-refractivity contribution in [1.29, 1.82) is 0 Å². The van der Waals surface area contributed by atoms with Gasteiger partial charge in [-0.15, -0.1) is 5.10 Å². The van der Waals surface area contributed by atoms with Gasteiger partial charge in [0.1, 0.15) is 5.56 Å². The molecule has 0 aliphatic carbocycles. The minimum Gasteiger partial charge on any atom is -0.479 e. The van der Waals surface area contributed by atoms with E-state index in [0.29, 0.717) is 43.3 Å². The summed E-state index contributed by atoms with van der Waals surface area (Å²) in [6, 6.07) is 1.92. The van der Waals surface area contributed by atoms with E-state index in [1.807, 2.05) is 10.7 Å². The van der Waals surface area contributed by atoms with Gasteiger partial charge in [0.15, 0.2) is 5.69 Å². The minimum atomic E-state index is -0.121. The van der Waals surface area contributed by atoms with Gasteiger partial charge in [0.2, 0.25) is 5.88 Å². The molecule has 27 heavy (non-hydrogen) atoms. The Kier molecular flexibility index (Phi) is 4.59. The van der Waals surface area contributed by atoms with Gasteiger partial charge >= 0.3 is 0 Å². The molecule has 0 aromatic carbocycles. The summed E-state index contributed by atoms with van der Waals surface area (Å²) in [5, 5.41) is 8.60. The van der Waals surface area contributed by atoms with Crippen molar-refractivity contribution >= 4 is 11.8 Å². The van der Waals surface area contributed by atoms with Crippen molar-refractivity contribution in [2.24, 2.45) is 7.05 Å². The third kappa shape index (κ3) is 3.29. The zero-order chi connectivity index (χ0) is 19.0. The van der Waals surface area contributed by atoms with Crippen LogP contribution in [0.4, 0.5) is 0 Å². The molecule has 2 aromatic rings. The van der Waals surface area contributed by atoms with E-state index in [1.54, 1.807) is 27.7 Å². The highest BCUT2D eigenvalue weighted by Crippen LogP contribution is 2.20. The van der Waals surface area contributed by atoms with E-state index in [2.05, 4.69) is 10.2 Å². The standard InChI is InChI=1S/C18H24N6O3/c1-21-12-14(16(20-21)27-2)17(25)22-7-9-23(10-8-22)18(26)15-11-13-5-3-4-6-24(13)19-15/h11-12H,3-10H2,1-2H3. The molecule has 0 radical (unpaired) electrons. The van der Waals surface area contributed by atoms with Gasteiger partial charge < -0.3 is 14.5 Å². The van der Waals surface area contributed by atoms with Crippen LogP contribution in [-0.4, -0.2) is 74.5 Å². The van der Waals surface area contributed by atoms with Crippen molar-refractivity contribution in [3.8, 4) is 5.88 Å². The fourth-order valence-corrected chi connectivity index (χ4v) is 3.73. The summed E-state index contributed by atoms with van der Waals surface area (Å²) < 4.78 is 8.69. The maximum Gasteiger partial charge on any atom is 0.274 e. The molecule has 1 saturated heterocycles. The lowest BCUT2D eigenvalue weighted by Crippen LogP contribution is -2.50. The first kappa shape index (κ1) is 17.6. The first-order valence-electron chi connectivity index (χ1n) is 9.29. The Bertz CT molecular complexity index is 839. The molecule has 144 valence electrons. The number of carbonyl (C=O) groups is 2. The molecule has 0 N–H and O–H groups in total. The van der Waals surface area contributed by atoms with Crippen molar-refractivity contribution in [2.75, 3.05) is 33.3 Å². The summed E-state index contributed by atoms with van der Waals surface area (Å²) in [7, 11) is 3.25. The molecule has 0 spiro atoms.